The Labute approximate surface area is 209 Å². The number of rotatable bonds is 6. The Balaban J connectivity index is 1.32. The predicted molar refractivity (Wildman–Crippen MR) is 136 cm³/mol. The van der Waals surface area contributed by atoms with E-state index in [4.69, 9.17) is 0 Å². The molecule has 0 aromatic heterocycles. The molecule has 1 unspecified atom stereocenters. The number of likely N-dealkylation sites (N-methyl/N-ethyl adjacent to an activating group) is 1. The van der Waals surface area contributed by atoms with Gasteiger partial charge in [-0.05, 0) is 61.3 Å². The van der Waals surface area contributed by atoms with Gasteiger partial charge in [-0.1, -0.05) is 48.5 Å². The molecule has 1 fully saturated rings. The fourth-order valence-corrected chi connectivity index (χ4v) is 5.64. The normalized spacial score (nSPS) is 20.6. The Kier molecular flexibility index (Phi) is 6.51. The lowest BCUT2D eigenvalue weighted by Gasteiger charge is -2.38. The van der Waals surface area contributed by atoms with Crippen molar-refractivity contribution in [2.45, 2.75) is 24.9 Å². The van der Waals surface area contributed by atoms with E-state index in [1.807, 2.05) is 48.2 Å². The number of alkyl halides is 3. The topological polar surface area (TPSA) is 26.8 Å². The third-order valence-corrected chi connectivity index (χ3v) is 7.58. The lowest BCUT2D eigenvalue weighted by molar-refractivity contribution is -0.137. The van der Waals surface area contributed by atoms with Gasteiger partial charge >= 0.3 is 6.18 Å². The number of hydrogen-bond donors (Lipinski definition) is 0. The lowest BCUT2D eigenvalue weighted by atomic mass is 9.72. The molecule has 0 saturated carbocycles. The van der Waals surface area contributed by atoms with E-state index >= 15 is 0 Å². The fraction of sp³-hybridized carbons (Fsp3) is 0.345. The first-order chi connectivity index (χ1) is 17.3. The number of anilines is 2. The zero-order chi connectivity index (χ0) is 25.3. The van der Waals surface area contributed by atoms with Crippen LogP contribution in [0.3, 0.4) is 0 Å². The maximum Gasteiger partial charge on any atom is 0.416 e. The summed E-state index contributed by atoms with van der Waals surface area (Å²) in [5.41, 5.74) is 2.52. The van der Waals surface area contributed by atoms with Crippen LogP contribution in [0, 0.1) is 0 Å². The van der Waals surface area contributed by atoms with Crippen molar-refractivity contribution in [1.82, 2.24) is 4.90 Å². The fourth-order valence-electron chi connectivity index (χ4n) is 5.64. The predicted octanol–water partition coefficient (Wildman–Crippen LogP) is 5.57. The Hall–Kier alpha value is -3.32. The summed E-state index contributed by atoms with van der Waals surface area (Å²) in [7, 11) is 0. The maximum absolute atomic E-state index is 13.9. The number of carbonyl (C=O) groups excluding carboxylic acids is 1. The van der Waals surface area contributed by atoms with Crippen LogP contribution in [0.5, 0.6) is 0 Å². The summed E-state index contributed by atoms with van der Waals surface area (Å²) in [4.78, 5) is 20.3. The summed E-state index contributed by atoms with van der Waals surface area (Å²) >= 11 is 0. The molecule has 4 nitrogen and oxygen atoms in total. The molecule has 188 valence electrons. The molecule has 0 spiro atoms. The molecule has 5 rings (SSSR count). The first kappa shape index (κ1) is 24.4. The highest BCUT2D eigenvalue weighted by Gasteiger charge is 2.51. The molecule has 3 aromatic carbocycles. The number of halogens is 3. The number of para-hydroxylation sites is 1. The summed E-state index contributed by atoms with van der Waals surface area (Å²) in [6.45, 7) is 6.43. The first-order valence-corrected chi connectivity index (χ1v) is 12.5. The van der Waals surface area contributed by atoms with E-state index in [-0.39, 0.29) is 5.91 Å². The van der Waals surface area contributed by atoms with Crippen molar-refractivity contribution in [2.24, 2.45) is 0 Å². The molecule has 0 radical (unpaired) electrons. The molecular formula is C29H30F3N3O. The van der Waals surface area contributed by atoms with Crippen molar-refractivity contribution < 1.29 is 18.0 Å². The molecule has 1 atom stereocenters. The Morgan fingerprint density at radius 2 is 1.47 bits per heavy atom. The molecule has 0 aliphatic carbocycles. The van der Waals surface area contributed by atoms with E-state index in [0.29, 0.717) is 13.0 Å². The van der Waals surface area contributed by atoms with Crippen LogP contribution in [0.15, 0.2) is 78.9 Å². The average molecular weight is 494 g/mol. The summed E-state index contributed by atoms with van der Waals surface area (Å²) in [5.74, 6) is 0.126. The quantitative estimate of drug-likeness (QED) is 0.449. The van der Waals surface area contributed by atoms with E-state index in [2.05, 4.69) is 28.0 Å². The molecule has 2 aliphatic heterocycles. The van der Waals surface area contributed by atoms with Crippen LogP contribution in [0.4, 0.5) is 24.5 Å². The molecule has 1 saturated heterocycles. The van der Waals surface area contributed by atoms with Gasteiger partial charge < -0.3 is 9.80 Å². The number of piperazine rings is 1. The van der Waals surface area contributed by atoms with Gasteiger partial charge in [0.25, 0.3) is 0 Å². The molecule has 0 N–H and O–H groups in total. The van der Waals surface area contributed by atoms with Crippen LogP contribution in [0.2, 0.25) is 0 Å². The Morgan fingerprint density at radius 3 is 2.11 bits per heavy atom. The minimum Gasteiger partial charge on any atom is -0.369 e. The minimum absolute atomic E-state index is 0.126. The van der Waals surface area contributed by atoms with Crippen molar-refractivity contribution in [3.05, 3.63) is 95.6 Å². The number of benzene rings is 3. The number of hydrogen-bond acceptors (Lipinski definition) is 3. The zero-order valence-electron chi connectivity index (χ0n) is 20.3. The molecular weight excluding hydrogens is 463 g/mol. The molecule has 2 aliphatic rings. The molecule has 1 amide bonds. The van der Waals surface area contributed by atoms with Crippen LogP contribution in [-0.2, 0) is 16.4 Å². The second kappa shape index (κ2) is 9.62. The number of nitrogens with zero attached hydrogens (tertiary/aromatic N) is 3. The van der Waals surface area contributed by atoms with Gasteiger partial charge in [0.05, 0.1) is 5.56 Å². The SMILES string of the molecule is CCN1C(=O)C(CCN2CCN(c3ccc(C(F)(F)F)cc3)CC2)(c2ccccc2)c2ccccc21. The van der Waals surface area contributed by atoms with Gasteiger partial charge in [-0.2, -0.15) is 13.2 Å². The third-order valence-electron chi connectivity index (χ3n) is 7.58. The van der Waals surface area contributed by atoms with Crippen molar-refractivity contribution in [3.63, 3.8) is 0 Å². The van der Waals surface area contributed by atoms with Crippen molar-refractivity contribution in [1.29, 1.82) is 0 Å². The standard InChI is InChI=1S/C29H30F3N3O/c1-2-35-26-11-7-6-10-25(26)28(27(35)36,22-8-4-3-5-9-22)16-17-33-18-20-34(21-19-33)24-14-12-23(13-15-24)29(30,31)32/h3-15H,2,16-21H2,1H3. The van der Waals surface area contributed by atoms with Crippen LogP contribution in [0.1, 0.15) is 30.0 Å². The Bertz CT molecular complexity index is 1200. The highest BCUT2D eigenvalue weighted by atomic mass is 19.4. The van der Waals surface area contributed by atoms with Crippen LogP contribution < -0.4 is 9.80 Å². The summed E-state index contributed by atoms with van der Waals surface area (Å²) in [6, 6.07) is 23.6. The van der Waals surface area contributed by atoms with Gasteiger partial charge in [0, 0.05) is 44.1 Å². The zero-order valence-corrected chi connectivity index (χ0v) is 20.3. The minimum atomic E-state index is -4.32. The van der Waals surface area contributed by atoms with Gasteiger partial charge in [0.1, 0.15) is 5.41 Å². The van der Waals surface area contributed by atoms with Crippen molar-refractivity contribution >= 4 is 17.3 Å². The highest BCUT2D eigenvalue weighted by Crippen LogP contribution is 2.48. The summed E-state index contributed by atoms with van der Waals surface area (Å²) < 4.78 is 38.7. The van der Waals surface area contributed by atoms with E-state index in [0.717, 1.165) is 67.4 Å². The van der Waals surface area contributed by atoms with Crippen LogP contribution in [0.25, 0.3) is 0 Å². The van der Waals surface area contributed by atoms with Crippen LogP contribution >= 0.6 is 0 Å². The largest absolute Gasteiger partial charge is 0.416 e. The summed E-state index contributed by atoms with van der Waals surface area (Å²) in [5, 5.41) is 0. The average Bonchev–Trinajstić information content (AvgIpc) is 3.15. The second-order valence-electron chi connectivity index (χ2n) is 9.46. The van der Waals surface area contributed by atoms with Gasteiger partial charge in [-0.3, -0.25) is 9.69 Å². The van der Waals surface area contributed by atoms with Gasteiger partial charge in [-0.15, -0.1) is 0 Å². The second-order valence-corrected chi connectivity index (χ2v) is 9.46. The number of fused-ring (bicyclic) bond motifs is 1. The molecule has 2 heterocycles. The van der Waals surface area contributed by atoms with E-state index in [1.165, 1.54) is 0 Å². The maximum atomic E-state index is 13.9. The smallest absolute Gasteiger partial charge is 0.369 e. The first-order valence-electron chi connectivity index (χ1n) is 12.5. The Morgan fingerprint density at radius 1 is 0.833 bits per heavy atom. The number of amides is 1. The lowest BCUT2D eigenvalue weighted by Crippen LogP contribution is -2.49. The third kappa shape index (κ3) is 4.26. The van der Waals surface area contributed by atoms with Gasteiger partial charge in [0.15, 0.2) is 0 Å². The van der Waals surface area contributed by atoms with E-state index in [9.17, 15) is 18.0 Å². The van der Waals surface area contributed by atoms with Crippen molar-refractivity contribution in [3.8, 4) is 0 Å². The number of carbonyl (C=O) groups is 1. The van der Waals surface area contributed by atoms with Gasteiger partial charge in [-0.25, -0.2) is 0 Å². The van der Waals surface area contributed by atoms with E-state index < -0.39 is 17.2 Å². The summed E-state index contributed by atoms with van der Waals surface area (Å²) in [6.07, 6.45) is -3.65. The van der Waals surface area contributed by atoms with Crippen molar-refractivity contribution in [2.75, 3.05) is 49.1 Å². The molecule has 36 heavy (non-hydrogen) atoms. The molecule has 0 bridgehead atoms. The molecule has 3 aromatic rings. The monoisotopic (exact) mass is 493 g/mol. The van der Waals surface area contributed by atoms with E-state index in [1.54, 1.807) is 12.1 Å². The molecule has 7 heteroatoms. The van der Waals surface area contributed by atoms with Gasteiger partial charge in [0.2, 0.25) is 5.91 Å². The highest BCUT2D eigenvalue weighted by molar-refractivity contribution is 6.10. The van der Waals surface area contributed by atoms with Crippen LogP contribution in [-0.4, -0.2) is 50.1 Å².